The topological polar surface area (TPSA) is 67.0 Å². The van der Waals surface area contributed by atoms with Crippen LogP contribution in [0.3, 0.4) is 0 Å². The lowest BCUT2D eigenvalue weighted by atomic mass is 10.2. The number of halogens is 4. The third-order valence-electron chi connectivity index (χ3n) is 3.74. The summed E-state index contributed by atoms with van der Waals surface area (Å²) in [7, 11) is 0. The molecule has 0 aliphatic carbocycles. The van der Waals surface area contributed by atoms with Gasteiger partial charge in [-0.15, -0.1) is 0 Å². The predicted octanol–water partition coefficient (Wildman–Crippen LogP) is 3.97. The molecule has 1 aromatic heterocycles. The number of para-hydroxylation sites is 2. The van der Waals surface area contributed by atoms with Crippen molar-refractivity contribution in [1.82, 2.24) is 15.3 Å². The first-order valence-corrected chi connectivity index (χ1v) is 8.40. The zero-order valence-corrected chi connectivity index (χ0v) is 14.7. The van der Waals surface area contributed by atoms with Crippen molar-refractivity contribution < 1.29 is 22.7 Å². The number of H-pyrrole nitrogens is 1. The van der Waals surface area contributed by atoms with Crippen LogP contribution in [0.2, 0.25) is 5.02 Å². The lowest BCUT2D eigenvalue weighted by Crippen LogP contribution is -2.30. The van der Waals surface area contributed by atoms with Gasteiger partial charge in [-0.25, -0.2) is 4.98 Å². The average Bonchev–Trinajstić information content (AvgIpc) is 3.02. The van der Waals surface area contributed by atoms with Gasteiger partial charge in [-0.3, -0.25) is 4.79 Å². The molecule has 0 radical (unpaired) electrons. The van der Waals surface area contributed by atoms with Crippen molar-refractivity contribution in [3.8, 4) is 5.75 Å². The van der Waals surface area contributed by atoms with E-state index in [4.69, 9.17) is 16.3 Å². The van der Waals surface area contributed by atoms with Gasteiger partial charge in [0.25, 0.3) is 5.91 Å². The zero-order valence-electron chi connectivity index (χ0n) is 13.9. The molecule has 0 aliphatic heterocycles. The van der Waals surface area contributed by atoms with Crippen molar-refractivity contribution in [1.29, 1.82) is 0 Å². The van der Waals surface area contributed by atoms with Crippen LogP contribution in [0, 0.1) is 0 Å². The summed E-state index contributed by atoms with van der Waals surface area (Å²) in [4.78, 5) is 19.3. The second kappa shape index (κ2) is 7.87. The molecule has 142 valence electrons. The first kappa shape index (κ1) is 19.0. The molecular weight excluding hydrogens is 383 g/mol. The van der Waals surface area contributed by atoms with Crippen molar-refractivity contribution in [3.05, 3.63) is 58.9 Å². The van der Waals surface area contributed by atoms with Crippen molar-refractivity contribution in [2.75, 3.05) is 13.2 Å². The van der Waals surface area contributed by atoms with Crippen LogP contribution in [0.4, 0.5) is 13.2 Å². The molecule has 0 fully saturated rings. The van der Waals surface area contributed by atoms with Gasteiger partial charge < -0.3 is 15.0 Å². The summed E-state index contributed by atoms with van der Waals surface area (Å²) in [6, 6.07) is 10.7. The number of hydrogen-bond donors (Lipinski definition) is 2. The Balaban J connectivity index is 1.48. The van der Waals surface area contributed by atoms with Crippen molar-refractivity contribution in [3.63, 3.8) is 0 Å². The molecule has 5 nitrogen and oxygen atoms in total. The smallest absolute Gasteiger partial charge is 0.417 e. The van der Waals surface area contributed by atoms with Crippen molar-refractivity contribution in [2.45, 2.75) is 12.6 Å². The van der Waals surface area contributed by atoms with E-state index < -0.39 is 29.3 Å². The SMILES string of the molecule is O=C(COc1ccc(Cl)c(C(F)(F)F)c1)NCCc1nc2ccccc2[nH]1. The van der Waals surface area contributed by atoms with Crippen molar-refractivity contribution in [2.24, 2.45) is 0 Å². The van der Waals surface area contributed by atoms with Crippen LogP contribution in [0.15, 0.2) is 42.5 Å². The summed E-state index contributed by atoms with van der Waals surface area (Å²) in [5.41, 5.74) is 0.739. The highest BCUT2D eigenvalue weighted by molar-refractivity contribution is 6.31. The standard InChI is InChI=1S/C18H15ClF3N3O2/c19-13-6-5-11(9-12(13)18(20,21)22)27-10-17(26)23-8-7-16-24-14-3-1-2-4-15(14)25-16/h1-6,9H,7-8,10H2,(H,23,26)(H,24,25). The van der Waals surface area contributed by atoms with E-state index in [9.17, 15) is 18.0 Å². The number of carbonyl (C=O) groups excluding carboxylic acids is 1. The molecule has 3 aromatic rings. The first-order chi connectivity index (χ1) is 12.8. The quantitative estimate of drug-likeness (QED) is 0.661. The summed E-state index contributed by atoms with van der Waals surface area (Å²) < 4.78 is 43.5. The van der Waals surface area contributed by atoms with E-state index in [-0.39, 0.29) is 5.75 Å². The van der Waals surface area contributed by atoms with Gasteiger partial charge in [0.1, 0.15) is 11.6 Å². The Morgan fingerprint density at radius 2 is 2.00 bits per heavy atom. The third-order valence-corrected chi connectivity index (χ3v) is 4.07. The minimum Gasteiger partial charge on any atom is -0.484 e. The maximum atomic E-state index is 12.8. The van der Waals surface area contributed by atoms with Crippen LogP contribution >= 0.6 is 11.6 Å². The monoisotopic (exact) mass is 397 g/mol. The number of alkyl halides is 3. The lowest BCUT2D eigenvalue weighted by Gasteiger charge is -2.12. The van der Waals surface area contributed by atoms with Gasteiger partial charge in [-0.2, -0.15) is 13.2 Å². The number of nitrogens with zero attached hydrogens (tertiary/aromatic N) is 1. The van der Waals surface area contributed by atoms with Gasteiger partial charge in [-0.1, -0.05) is 23.7 Å². The molecule has 0 saturated carbocycles. The summed E-state index contributed by atoms with van der Waals surface area (Å²) in [6.45, 7) is -0.0878. The second-order valence-electron chi connectivity index (χ2n) is 5.73. The molecule has 0 saturated heterocycles. The Labute approximate surface area is 157 Å². The number of aromatic nitrogens is 2. The Hall–Kier alpha value is -2.74. The fourth-order valence-corrected chi connectivity index (χ4v) is 2.68. The summed E-state index contributed by atoms with van der Waals surface area (Å²) in [5, 5.41) is 2.20. The molecule has 9 heteroatoms. The van der Waals surface area contributed by atoms with E-state index in [2.05, 4.69) is 15.3 Å². The third kappa shape index (κ3) is 4.91. The number of ether oxygens (including phenoxy) is 1. The highest BCUT2D eigenvalue weighted by atomic mass is 35.5. The van der Waals surface area contributed by atoms with Gasteiger partial charge >= 0.3 is 6.18 Å². The van der Waals surface area contributed by atoms with Crippen LogP contribution < -0.4 is 10.1 Å². The lowest BCUT2D eigenvalue weighted by molar-refractivity contribution is -0.137. The number of nitrogens with one attached hydrogen (secondary N) is 2. The molecule has 0 atom stereocenters. The number of imidazole rings is 1. The second-order valence-corrected chi connectivity index (χ2v) is 6.14. The Morgan fingerprint density at radius 1 is 1.22 bits per heavy atom. The van der Waals surface area contributed by atoms with E-state index in [1.807, 2.05) is 24.3 Å². The largest absolute Gasteiger partial charge is 0.484 e. The number of rotatable bonds is 6. The van der Waals surface area contributed by atoms with E-state index in [1.54, 1.807) is 0 Å². The normalized spacial score (nSPS) is 11.6. The molecule has 0 spiro atoms. The fraction of sp³-hybridized carbons (Fsp3) is 0.222. The van der Waals surface area contributed by atoms with Crippen LogP contribution in [0.1, 0.15) is 11.4 Å². The highest BCUT2D eigenvalue weighted by Crippen LogP contribution is 2.36. The van der Waals surface area contributed by atoms with Gasteiger partial charge in [-0.05, 0) is 30.3 Å². The molecule has 1 heterocycles. The Morgan fingerprint density at radius 3 is 2.74 bits per heavy atom. The van der Waals surface area contributed by atoms with Gasteiger partial charge in [0.15, 0.2) is 6.61 Å². The summed E-state index contributed by atoms with van der Waals surface area (Å²) in [5.74, 6) is 0.193. The van der Waals surface area contributed by atoms with Crippen LogP contribution in [0.5, 0.6) is 5.75 Å². The van der Waals surface area contributed by atoms with Gasteiger partial charge in [0.05, 0.1) is 21.6 Å². The predicted molar refractivity (Wildman–Crippen MR) is 94.8 cm³/mol. The highest BCUT2D eigenvalue weighted by Gasteiger charge is 2.33. The molecule has 2 aromatic carbocycles. The zero-order chi connectivity index (χ0) is 19.4. The van der Waals surface area contributed by atoms with E-state index in [1.165, 1.54) is 6.07 Å². The van der Waals surface area contributed by atoms with Gasteiger partial charge in [0, 0.05) is 13.0 Å². The Kier molecular flexibility index (Phi) is 5.55. The molecular formula is C18H15ClF3N3O2. The Bertz CT molecular complexity index is 923. The summed E-state index contributed by atoms with van der Waals surface area (Å²) in [6.07, 6.45) is -4.11. The minimum absolute atomic E-state index is 0.0841. The van der Waals surface area contributed by atoms with Crippen LogP contribution in [-0.2, 0) is 17.4 Å². The number of carbonyl (C=O) groups is 1. The van der Waals surface area contributed by atoms with Crippen LogP contribution in [0.25, 0.3) is 11.0 Å². The number of fused-ring (bicyclic) bond motifs is 1. The van der Waals surface area contributed by atoms with Crippen molar-refractivity contribution >= 4 is 28.5 Å². The van der Waals surface area contributed by atoms with Gasteiger partial charge in [0.2, 0.25) is 0 Å². The molecule has 2 N–H and O–H groups in total. The summed E-state index contributed by atoms with van der Waals surface area (Å²) >= 11 is 5.54. The fourth-order valence-electron chi connectivity index (χ4n) is 2.46. The van der Waals surface area contributed by atoms with Crippen LogP contribution in [-0.4, -0.2) is 29.0 Å². The molecule has 27 heavy (non-hydrogen) atoms. The minimum atomic E-state index is -4.59. The van der Waals surface area contributed by atoms with E-state index >= 15 is 0 Å². The maximum Gasteiger partial charge on any atom is 0.417 e. The molecule has 0 bridgehead atoms. The average molecular weight is 398 g/mol. The number of amides is 1. The van der Waals surface area contributed by atoms with E-state index in [0.717, 1.165) is 29.0 Å². The molecule has 3 rings (SSSR count). The maximum absolute atomic E-state index is 12.8. The van der Waals surface area contributed by atoms with E-state index in [0.29, 0.717) is 13.0 Å². The molecule has 0 aliphatic rings. The number of aromatic amines is 1. The number of benzene rings is 2. The first-order valence-electron chi connectivity index (χ1n) is 8.03. The number of hydrogen-bond acceptors (Lipinski definition) is 3. The molecule has 1 amide bonds. The molecule has 0 unspecified atom stereocenters.